The highest BCUT2D eigenvalue weighted by Gasteiger charge is 2.16. The van der Waals surface area contributed by atoms with E-state index in [0.29, 0.717) is 6.04 Å². The standard InChI is InChI=1S/C13H19N3/c1-16-10-6-5-9-13(16)11-14-15-12-7-3-2-4-8-12/h2-4,7-8,11,13,15H,5-6,9-10H2,1H3/b14-11+. The number of likely N-dealkylation sites (tertiary alicyclic amines) is 1. The van der Waals surface area contributed by atoms with Crippen molar-refractivity contribution in [1.29, 1.82) is 0 Å². The first kappa shape index (κ1) is 11.1. The molecular weight excluding hydrogens is 198 g/mol. The van der Waals surface area contributed by atoms with Gasteiger partial charge in [-0.25, -0.2) is 0 Å². The first-order valence-electron chi connectivity index (χ1n) is 5.91. The molecule has 1 fully saturated rings. The number of hydrogen-bond donors (Lipinski definition) is 1. The van der Waals surface area contributed by atoms with E-state index < -0.39 is 0 Å². The van der Waals surface area contributed by atoms with Crippen LogP contribution >= 0.6 is 0 Å². The lowest BCUT2D eigenvalue weighted by Crippen LogP contribution is -2.37. The number of nitrogens with zero attached hydrogens (tertiary/aromatic N) is 2. The second kappa shape index (κ2) is 5.66. The largest absolute Gasteiger partial charge is 0.298 e. The predicted octanol–water partition coefficient (Wildman–Crippen LogP) is 2.57. The molecule has 1 aromatic carbocycles. The normalized spacial score (nSPS) is 22.4. The van der Waals surface area contributed by atoms with E-state index in [0.717, 1.165) is 5.69 Å². The first-order chi connectivity index (χ1) is 7.86. The summed E-state index contributed by atoms with van der Waals surface area (Å²) in [5.74, 6) is 0. The van der Waals surface area contributed by atoms with Crippen LogP contribution in [0.5, 0.6) is 0 Å². The van der Waals surface area contributed by atoms with E-state index in [-0.39, 0.29) is 0 Å². The lowest BCUT2D eigenvalue weighted by molar-refractivity contribution is 0.239. The highest BCUT2D eigenvalue weighted by molar-refractivity contribution is 5.65. The van der Waals surface area contributed by atoms with Crippen LogP contribution in [0.15, 0.2) is 35.4 Å². The van der Waals surface area contributed by atoms with Crippen molar-refractivity contribution >= 4 is 11.9 Å². The maximum absolute atomic E-state index is 4.30. The van der Waals surface area contributed by atoms with E-state index in [9.17, 15) is 0 Å². The third kappa shape index (κ3) is 3.07. The third-order valence-corrected chi connectivity index (χ3v) is 3.04. The monoisotopic (exact) mass is 217 g/mol. The van der Waals surface area contributed by atoms with Crippen LogP contribution in [0.3, 0.4) is 0 Å². The van der Waals surface area contributed by atoms with Crippen molar-refractivity contribution in [3.63, 3.8) is 0 Å². The maximum Gasteiger partial charge on any atom is 0.0561 e. The van der Waals surface area contributed by atoms with Crippen LogP contribution in [-0.4, -0.2) is 30.7 Å². The minimum absolute atomic E-state index is 0.491. The van der Waals surface area contributed by atoms with Gasteiger partial charge in [-0.2, -0.15) is 5.10 Å². The molecule has 1 atom stereocenters. The van der Waals surface area contributed by atoms with Crippen LogP contribution in [0, 0.1) is 0 Å². The number of piperidine rings is 1. The molecule has 86 valence electrons. The summed E-state index contributed by atoms with van der Waals surface area (Å²) in [6.45, 7) is 1.18. The van der Waals surface area contributed by atoms with Gasteiger partial charge < -0.3 is 0 Å². The zero-order valence-electron chi connectivity index (χ0n) is 9.76. The summed E-state index contributed by atoms with van der Waals surface area (Å²) in [4.78, 5) is 2.36. The fourth-order valence-electron chi connectivity index (χ4n) is 2.00. The number of hydrogen-bond acceptors (Lipinski definition) is 3. The minimum Gasteiger partial charge on any atom is -0.298 e. The quantitative estimate of drug-likeness (QED) is 0.622. The molecule has 1 unspecified atom stereocenters. The molecule has 0 aliphatic carbocycles. The van der Waals surface area contributed by atoms with Gasteiger partial charge in [0.15, 0.2) is 0 Å². The lowest BCUT2D eigenvalue weighted by Gasteiger charge is -2.29. The van der Waals surface area contributed by atoms with Crippen molar-refractivity contribution < 1.29 is 0 Å². The Kier molecular flexibility index (Phi) is 3.94. The number of rotatable bonds is 3. The summed E-state index contributed by atoms with van der Waals surface area (Å²) in [5, 5.41) is 4.30. The Balaban J connectivity index is 1.85. The molecule has 1 aromatic rings. The van der Waals surface area contributed by atoms with Crippen LogP contribution in [0.25, 0.3) is 0 Å². The molecule has 1 saturated heterocycles. The van der Waals surface area contributed by atoms with Crippen molar-refractivity contribution in [2.75, 3.05) is 19.0 Å². The number of nitrogens with one attached hydrogen (secondary N) is 1. The van der Waals surface area contributed by atoms with Gasteiger partial charge in [-0.1, -0.05) is 24.6 Å². The van der Waals surface area contributed by atoms with Gasteiger partial charge in [-0.05, 0) is 38.6 Å². The second-order valence-corrected chi connectivity index (χ2v) is 4.30. The fourth-order valence-corrected chi connectivity index (χ4v) is 2.00. The van der Waals surface area contributed by atoms with Gasteiger partial charge in [0.1, 0.15) is 0 Å². The van der Waals surface area contributed by atoms with Gasteiger partial charge in [-0.15, -0.1) is 0 Å². The minimum atomic E-state index is 0.491. The van der Waals surface area contributed by atoms with Crippen LogP contribution in [0.1, 0.15) is 19.3 Å². The fraction of sp³-hybridized carbons (Fsp3) is 0.462. The summed E-state index contributed by atoms with van der Waals surface area (Å²) < 4.78 is 0. The van der Waals surface area contributed by atoms with Gasteiger partial charge in [0.25, 0.3) is 0 Å². The molecule has 16 heavy (non-hydrogen) atoms. The molecule has 3 nitrogen and oxygen atoms in total. The Labute approximate surface area is 97.2 Å². The molecule has 1 heterocycles. The number of para-hydroxylation sites is 1. The Bertz CT molecular complexity index is 334. The Morgan fingerprint density at radius 2 is 2.12 bits per heavy atom. The topological polar surface area (TPSA) is 27.6 Å². The van der Waals surface area contributed by atoms with Crippen molar-refractivity contribution in [3.8, 4) is 0 Å². The smallest absolute Gasteiger partial charge is 0.0561 e. The Morgan fingerprint density at radius 3 is 2.88 bits per heavy atom. The first-order valence-corrected chi connectivity index (χ1v) is 5.91. The van der Waals surface area contributed by atoms with Crippen molar-refractivity contribution in [3.05, 3.63) is 30.3 Å². The van der Waals surface area contributed by atoms with Gasteiger partial charge in [0.05, 0.1) is 5.69 Å². The molecule has 0 amide bonds. The Morgan fingerprint density at radius 1 is 1.31 bits per heavy atom. The number of hydrazone groups is 1. The maximum atomic E-state index is 4.30. The molecule has 0 radical (unpaired) electrons. The van der Waals surface area contributed by atoms with Crippen LogP contribution in [-0.2, 0) is 0 Å². The predicted molar refractivity (Wildman–Crippen MR) is 68.8 cm³/mol. The van der Waals surface area contributed by atoms with Crippen molar-refractivity contribution in [2.45, 2.75) is 25.3 Å². The number of benzene rings is 1. The van der Waals surface area contributed by atoms with Gasteiger partial charge in [0, 0.05) is 12.3 Å². The zero-order valence-corrected chi connectivity index (χ0v) is 9.76. The van der Waals surface area contributed by atoms with Crippen molar-refractivity contribution in [2.24, 2.45) is 5.10 Å². The lowest BCUT2D eigenvalue weighted by atomic mass is 10.0. The summed E-state index contributed by atoms with van der Waals surface area (Å²) in [7, 11) is 2.17. The van der Waals surface area contributed by atoms with Crippen LogP contribution < -0.4 is 5.43 Å². The molecule has 1 N–H and O–H groups in total. The summed E-state index contributed by atoms with van der Waals surface area (Å²) >= 11 is 0. The average molecular weight is 217 g/mol. The summed E-state index contributed by atoms with van der Waals surface area (Å²) in [6.07, 6.45) is 5.86. The molecule has 1 aliphatic rings. The van der Waals surface area contributed by atoms with Gasteiger partial charge >= 0.3 is 0 Å². The van der Waals surface area contributed by atoms with Crippen LogP contribution in [0.4, 0.5) is 5.69 Å². The SMILES string of the molecule is CN1CCCCC1/C=N/Nc1ccccc1. The van der Waals surface area contributed by atoms with E-state index in [1.807, 2.05) is 36.5 Å². The van der Waals surface area contributed by atoms with Gasteiger partial charge in [-0.3, -0.25) is 10.3 Å². The summed E-state index contributed by atoms with van der Waals surface area (Å²) in [5.41, 5.74) is 4.09. The van der Waals surface area contributed by atoms with Crippen LogP contribution in [0.2, 0.25) is 0 Å². The molecule has 2 rings (SSSR count). The molecule has 0 saturated carbocycles. The zero-order chi connectivity index (χ0) is 11.2. The highest BCUT2D eigenvalue weighted by atomic mass is 15.3. The third-order valence-electron chi connectivity index (χ3n) is 3.04. The molecule has 0 aromatic heterocycles. The van der Waals surface area contributed by atoms with E-state index in [4.69, 9.17) is 0 Å². The highest BCUT2D eigenvalue weighted by Crippen LogP contribution is 2.13. The Hall–Kier alpha value is -1.35. The second-order valence-electron chi connectivity index (χ2n) is 4.30. The van der Waals surface area contributed by atoms with Crippen molar-refractivity contribution in [1.82, 2.24) is 4.90 Å². The molecule has 0 spiro atoms. The average Bonchev–Trinajstić information content (AvgIpc) is 2.33. The van der Waals surface area contributed by atoms with E-state index in [1.165, 1.54) is 25.8 Å². The van der Waals surface area contributed by atoms with E-state index in [2.05, 4.69) is 22.5 Å². The summed E-state index contributed by atoms with van der Waals surface area (Å²) in [6, 6.07) is 10.5. The molecule has 0 bridgehead atoms. The van der Waals surface area contributed by atoms with E-state index >= 15 is 0 Å². The number of anilines is 1. The van der Waals surface area contributed by atoms with Gasteiger partial charge in [0.2, 0.25) is 0 Å². The van der Waals surface area contributed by atoms with E-state index in [1.54, 1.807) is 0 Å². The molecule has 1 aliphatic heterocycles. The molecular formula is C13H19N3. The molecule has 3 heteroatoms.